The van der Waals surface area contributed by atoms with Crippen LogP contribution in [0.4, 0.5) is 11.6 Å². The van der Waals surface area contributed by atoms with E-state index in [1.54, 1.807) is 17.0 Å². The van der Waals surface area contributed by atoms with Crippen molar-refractivity contribution in [1.82, 2.24) is 29.9 Å². The number of likely N-dealkylation sites (tertiary alicyclic amines) is 1. The zero-order valence-corrected chi connectivity index (χ0v) is 25.8. The van der Waals surface area contributed by atoms with Crippen molar-refractivity contribution in [3.8, 4) is 0 Å². The van der Waals surface area contributed by atoms with Gasteiger partial charge in [-0.05, 0) is 55.5 Å². The monoisotopic (exact) mass is 649 g/mol. The SMILES string of the molecule is Nc1nc(N)c(C(=O)NC2=NC3(CC2)CCN(C(=O)c2cccc(S(=O)(=O)NCCc4c[nH]c5ccccc45)c2)CC3)nc1Cl. The number of nitrogens with one attached hydrogen (secondary N) is 3. The fourth-order valence-corrected chi connectivity index (χ4v) is 7.05. The van der Waals surface area contributed by atoms with Crippen molar-refractivity contribution in [2.75, 3.05) is 31.1 Å². The normalized spacial score (nSPS) is 16.2. The maximum absolute atomic E-state index is 13.4. The highest BCUT2D eigenvalue weighted by Crippen LogP contribution is 2.36. The second-order valence-electron chi connectivity index (χ2n) is 11.2. The van der Waals surface area contributed by atoms with Crippen molar-refractivity contribution in [1.29, 1.82) is 0 Å². The van der Waals surface area contributed by atoms with Crippen LogP contribution in [0.1, 0.15) is 52.1 Å². The fraction of sp³-hybridized carbons (Fsp3) is 0.300. The summed E-state index contributed by atoms with van der Waals surface area (Å²) in [5, 5.41) is 3.69. The number of halogens is 1. The van der Waals surface area contributed by atoms with Crippen LogP contribution in [0.3, 0.4) is 0 Å². The van der Waals surface area contributed by atoms with Crippen molar-refractivity contribution < 1.29 is 18.0 Å². The van der Waals surface area contributed by atoms with E-state index in [2.05, 4.69) is 25.0 Å². The molecule has 0 radical (unpaired) electrons. The molecule has 45 heavy (non-hydrogen) atoms. The van der Waals surface area contributed by atoms with Gasteiger partial charge in [0.25, 0.3) is 11.8 Å². The van der Waals surface area contributed by atoms with Gasteiger partial charge in [0.2, 0.25) is 10.0 Å². The number of fused-ring (bicyclic) bond motifs is 1. The number of amidine groups is 1. The van der Waals surface area contributed by atoms with E-state index in [1.807, 2.05) is 30.5 Å². The first-order valence-corrected chi connectivity index (χ1v) is 16.3. The van der Waals surface area contributed by atoms with Gasteiger partial charge in [-0.25, -0.2) is 23.1 Å². The van der Waals surface area contributed by atoms with Crippen LogP contribution >= 0.6 is 11.6 Å². The van der Waals surface area contributed by atoms with Crippen LogP contribution in [-0.2, 0) is 16.4 Å². The largest absolute Gasteiger partial charge is 0.382 e. The van der Waals surface area contributed by atoms with Crippen LogP contribution in [0.15, 0.2) is 64.6 Å². The number of H-pyrrole nitrogens is 1. The van der Waals surface area contributed by atoms with E-state index >= 15 is 0 Å². The number of amides is 2. The van der Waals surface area contributed by atoms with Gasteiger partial charge in [0.1, 0.15) is 5.84 Å². The smallest absolute Gasteiger partial charge is 0.279 e. The summed E-state index contributed by atoms with van der Waals surface area (Å²) in [6.45, 7) is 1.10. The zero-order chi connectivity index (χ0) is 31.8. The van der Waals surface area contributed by atoms with Gasteiger partial charge in [-0.15, -0.1) is 0 Å². The Hall–Kier alpha value is -4.53. The summed E-state index contributed by atoms with van der Waals surface area (Å²) >= 11 is 5.90. The van der Waals surface area contributed by atoms with Crippen molar-refractivity contribution in [3.05, 3.63) is 76.7 Å². The Morgan fingerprint density at radius 2 is 1.80 bits per heavy atom. The van der Waals surface area contributed by atoms with Gasteiger partial charge in [-0.3, -0.25) is 14.6 Å². The number of aliphatic imine (C=N–C) groups is 1. The molecule has 0 bridgehead atoms. The molecule has 234 valence electrons. The molecule has 2 amide bonds. The van der Waals surface area contributed by atoms with E-state index in [1.165, 1.54) is 12.1 Å². The number of benzene rings is 2. The van der Waals surface area contributed by atoms with Crippen LogP contribution in [0.5, 0.6) is 0 Å². The number of para-hydroxylation sites is 1. The highest BCUT2D eigenvalue weighted by Gasteiger charge is 2.40. The molecule has 2 aromatic heterocycles. The topological polar surface area (TPSA) is 202 Å². The molecule has 15 heteroatoms. The summed E-state index contributed by atoms with van der Waals surface area (Å²) in [5.74, 6) is -0.513. The Morgan fingerprint density at radius 1 is 1.02 bits per heavy atom. The van der Waals surface area contributed by atoms with Crippen LogP contribution < -0.4 is 21.5 Å². The predicted molar refractivity (Wildman–Crippen MR) is 172 cm³/mol. The van der Waals surface area contributed by atoms with E-state index in [9.17, 15) is 18.0 Å². The lowest BCUT2D eigenvalue weighted by molar-refractivity contribution is 0.0672. The zero-order valence-electron chi connectivity index (χ0n) is 24.2. The fourth-order valence-electron chi connectivity index (χ4n) is 5.85. The summed E-state index contributed by atoms with van der Waals surface area (Å²) in [5.41, 5.74) is 13.2. The van der Waals surface area contributed by atoms with Crippen LogP contribution in [0.25, 0.3) is 10.9 Å². The summed E-state index contributed by atoms with van der Waals surface area (Å²) in [4.78, 5) is 43.6. The minimum atomic E-state index is -3.83. The first kappa shape index (κ1) is 30.5. The third kappa shape index (κ3) is 6.34. The number of rotatable bonds is 7. The summed E-state index contributed by atoms with van der Waals surface area (Å²) in [7, 11) is -3.83. The van der Waals surface area contributed by atoms with E-state index in [0.29, 0.717) is 56.6 Å². The number of carbonyl (C=O) groups is 2. The lowest BCUT2D eigenvalue weighted by Gasteiger charge is -2.37. The molecule has 2 aliphatic rings. The van der Waals surface area contributed by atoms with Crippen molar-refractivity contribution in [2.24, 2.45) is 4.99 Å². The van der Waals surface area contributed by atoms with E-state index in [-0.39, 0.29) is 39.8 Å². The van der Waals surface area contributed by atoms with Crippen molar-refractivity contribution >= 4 is 61.8 Å². The van der Waals surface area contributed by atoms with Crippen LogP contribution in [0, 0.1) is 0 Å². The number of aromatic amines is 1. The Bertz CT molecular complexity index is 1930. The number of hydrogen-bond donors (Lipinski definition) is 5. The number of sulfonamides is 1. The number of hydrogen-bond acceptors (Lipinski definition) is 9. The number of nitrogens with two attached hydrogens (primary N) is 2. The first-order chi connectivity index (χ1) is 21.5. The molecule has 1 saturated heterocycles. The average Bonchev–Trinajstić information content (AvgIpc) is 3.62. The summed E-state index contributed by atoms with van der Waals surface area (Å²) in [6.07, 6.45) is 4.86. The maximum Gasteiger partial charge on any atom is 0.279 e. The molecular formula is C30H32ClN9O4S. The molecule has 13 nitrogen and oxygen atoms in total. The summed E-state index contributed by atoms with van der Waals surface area (Å²) < 4.78 is 28.8. The minimum absolute atomic E-state index is 0.0363. The molecule has 2 aliphatic heterocycles. The number of carbonyl (C=O) groups excluding carboxylic acids is 2. The van der Waals surface area contributed by atoms with Crippen LogP contribution in [0.2, 0.25) is 5.15 Å². The Labute approximate surface area is 264 Å². The van der Waals surface area contributed by atoms with Gasteiger partial charge in [-0.2, -0.15) is 0 Å². The summed E-state index contributed by atoms with van der Waals surface area (Å²) in [6, 6.07) is 14.0. The molecule has 0 saturated carbocycles. The lowest BCUT2D eigenvalue weighted by Crippen LogP contribution is -2.45. The standard InChI is InChI=1S/C30H32ClN9O4S/c31-25-27(33)38-26(32)24(37-25)28(41)36-23-8-10-30(39-23)11-14-40(15-12-30)29(42)18-4-3-5-20(16-18)45(43,44)35-13-9-19-17-34-22-7-2-1-6-21(19)22/h1-7,16-17,34-35H,8-15H2,(H4,32,33,38)(H,36,39,41). The number of piperidine rings is 1. The molecule has 1 spiro atoms. The Morgan fingerprint density at radius 3 is 2.60 bits per heavy atom. The quantitative estimate of drug-likeness (QED) is 0.201. The van der Waals surface area contributed by atoms with Gasteiger partial charge < -0.3 is 26.7 Å². The molecule has 4 aromatic rings. The molecular weight excluding hydrogens is 618 g/mol. The van der Waals surface area contributed by atoms with Crippen molar-refractivity contribution in [2.45, 2.75) is 42.5 Å². The molecule has 0 unspecified atom stereocenters. The van der Waals surface area contributed by atoms with Crippen molar-refractivity contribution in [3.63, 3.8) is 0 Å². The molecule has 6 rings (SSSR count). The van der Waals surface area contributed by atoms with Crippen LogP contribution in [-0.4, -0.2) is 71.1 Å². The minimum Gasteiger partial charge on any atom is -0.382 e. The molecule has 4 heterocycles. The number of nitrogen functional groups attached to an aromatic ring is 2. The number of anilines is 2. The lowest BCUT2D eigenvalue weighted by atomic mass is 9.86. The highest BCUT2D eigenvalue weighted by molar-refractivity contribution is 7.89. The molecule has 2 aromatic carbocycles. The Balaban J connectivity index is 1.05. The second-order valence-corrected chi connectivity index (χ2v) is 13.3. The third-order valence-corrected chi connectivity index (χ3v) is 10.0. The number of aromatic nitrogens is 3. The highest BCUT2D eigenvalue weighted by atomic mass is 35.5. The second kappa shape index (κ2) is 12.1. The predicted octanol–water partition coefficient (Wildman–Crippen LogP) is 2.89. The Kier molecular flexibility index (Phi) is 8.20. The first-order valence-electron chi connectivity index (χ1n) is 14.5. The van der Waals surface area contributed by atoms with Gasteiger partial charge in [-0.1, -0.05) is 35.9 Å². The van der Waals surface area contributed by atoms with Gasteiger partial charge in [0.05, 0.1) is 10.4 Å². The molecule has 1 fully saturated rings. The number of nitrogens with zero attached hydrogens (tertiary/aromatic N) is 4. The third-order valence-electron chi connectivity index (χ3n) is 8.31. The van der Waals surface area contributed by atoms with E-state index in [0.717, 1.165) is 16.5 Å². The molecule has 0 aliphatic carbocycles. The molecule has 0 atom stereocenters. The van der Waals surface area contributed by atoms with Gasteiger partial charge in [0.15, 0.2) is 22.5 Å². The maximum atomic E-state index is 13.4. The van der Waals surface area contributed by atoms with Gasteiger partial charge >= 0.3 is 0 Å². The van der Waals surface area contributed by atoms with Gasteiger partial charge in [0, 0.05) is 48.7 Å². The molecule has 7 N–H and O–H groups in total. The van der Waals surface area contributed by atoms with E-state index in [4.69, 9.17) is 28.1 Å². The average molecular weight is 650 g/mol. The van der Waals surface area contributed by atoms with E-state index < -0.39 is 21.5 Å².